The smallest absolute Gasteiger partial charge is 0.432 e. The summed E-state index contributed by atoms with van der Waals surface area (Å²) in [6, 6.07) is -0.826. The number of rotatable bonds is 4. The normalized spacial score (nSPS) is 27.6. The molecule has 1 aromatic rings. The van der Waals surface area contributed by atoms with Crippen LogP contribution in [0.15, 0.2) is 52.9 Å². The van der Waals surface area contributed by atoms with Crippen molar-refractivity contribution in [3.8, 4) is 11.5 Å². The number of benzene rings is 1. The maximum Gasteiger partial charge on any atom is 0.432 e. The molecule has 0 bridgehead atoms. The van der Waals surface area contributed by atoms with Gasteiger partial charge in [0.25, 0.3) is 11.3 Å². The number of alkyl halides is 11. The lowest BCUT2D eigenvalue weighted by Crippen LogP contribution is -2.58. The maximum absolute atomic E-state index is 15.2. The lowest BCUT2D eigenvalue weighted by atomic mass is 9.88. The van der Waals surface area contributed by atoms with E-state index in [0.717, 1.165) is 0 Å². The summed E-state index contributed by atoms with van der Waals surface area (Å²) in [5, 5.41) is 0. The summed E-state index contributed by atoms with van der Waals surface area (Å²) in [6.45, 7) is 0. The quantitative estimate of drug-likeness (QED) is 0.346. The Bertz CT molecular complexity index is 1420. The lowest BCUT2D eigenvalue weighted by molar-refractivity contribution is -0.240. The molecule has 0 aliphatic heterocycles. The Morgan fingerprint density at radius 1 is 0.643 bits per heavy atom. The van der Waals surface area contributed by atoms with Gasteiger partial charge in [-0.3, -0.25) is 0 Å². The second-order valence-electron chi connectivity index (χ2n) is 8.37. The van der Waals surface area contributed by atoms with E-state index in [1.807, 2.05) is 0 Å². The molecule has 3 rings (SSSR count). The third kappa shape index (κ3) is 4.84. The van der Waals surface area contributed by atoms with Gasteiger partial charge in [-0.15, -0.1) is 0 Å². The molecule has 4 unspecified atom stereocenters. The Morgan fingerprint density at radius 2 is 1.02 bits per heavy atom. The van der Waals surface area contributed by atoms with Gasteiger partial charge in [-0.05, 0) is 0 Å². The van der Waals surface area contributed by atoms with Crippen molar-refractivity contribution in [1.29, 1.82) is 0 Å². The van der Waals surface area contributed by atoms with E-state index in [4.69, 9.17) is 5.73 Å². The first-order valence-corrected chi connectivity index (χ1v) is 10.3. The molecule has 0 heterocycles. The van der Waals surface area contributed by atoms with E-state index in [-0.39, 0.29) is 0 Å². The van der Waals surface area contributed by atoms with Crippen LogP contribution in [-0.4, -0.2) is 35.9 Å². The molecule has 2 aliphatic rings. The fraction of sp³-hybridized carbons (Fsp3) is 0.333. The van der Waals surface area contributed by atoms with Crippen molar-refractivity contribution >= 4 is 0 Å². The molecule has 0 saturated carbocycles. The number of ether oxygens (including phenoxy) is 2. The van der Waals surface area contributed by atoms with Crippen molar-refractivity contribution < 1.29 is 84.1 Å². The van der Waals surface area contributed by atoms with Gasteiger partial charge in [-0.1, -0.05) is 0 Å². The van der Waals surface area contributed by atoms with E-state index < -0.39 is 124 Å². The number of allylic oxidation sites excluding steroid dienone is 4. The highest BCUT2D eigenvalue weighted by atomic mass is 19.4. The molecule has 4 nitrogen and oxygen atoms in total. The van der Waals surface area contributed by atoms with E-state index in [1.165, 1.54) is 0 Å². The Labute approximate surface area is 220 Å². The van der Waals surface area contributed by atoms with E-state index in [0.29, 0.717) is 0 Å². The summed E-state index contributed by atoms with van der Waals surface area (Å²) >= 11 is 0. The number of hydrogen-bond donors (Lipinski definition) is 2. The van der Waals surface area contributed by atoms with Crippen molar-refractivity contribution in [1.82, 2.24) is 0 Å². The van der Waals surface area contributed by atoms with Crippen LogP contribution < -0.4 is 20.9 Å². The van der Waals surface area contributed by atoms with Gasteiger partial charge in [0, 0.05) is 18.2 Å². The minimum Gasteiger partial charge on any atom is -0.476 e. The zero-order valence-electron chi connectivity index (χ0n) is 19.3. The zero-order valence-corrected chi connectivity index (χ0v) is 19.3. The summed E-state index contributed by atoms with van der Waals surface area (Å²) in [6.07, 6.45) is -28.6. The van der Waals surface area contributed by atoms with Gasteiger partial charge in [-0.2, -0.15) is 43.9 Å². The van der Waals surface area contributed by atoms with Crippen LogP contribution in [0.1, 0.15) is 5.56 Å². The first kappa shape index (κ1) is 32.7. The Morgan fingerprint density at radius 3 is 1.38 bits per heavy atom. The van der Waals surface area contributed by atoms with Gasteiger partial charge in [0.05, 0.1) is 11.4 Å². The largest absolute Gasteiger partial charge is 0.476 e. The van der Waals surface area contributed by atoms with Crippen LogP contribution in [0.3, 0.4) is 0 Å². The topological polar surface area (TPSA) is 70.5 Å². The standard InChI is InChI=1S/C21H9F17N2O2/c22-4-3-9(41-15-7(25)1-5(23)13(39)17(15,28)20(33,34)35)11(27)12(10(4)19(30,31)32)42-16-8(26)2-6(24)14(40)18(16,29)21(36,37)38/h1-3,15-16H,39-40H2. The molecule has 1 aromatic carbocycles. The molecule has 4 atom stereocenters. The fourth-order valence-corrected chi connectivity index (χ4v) is 3.72. The highest BCUT2D eigenvalue weighted by molar-refractivity contribution is 5.49. The van der Waals surface area contributed by atoms with E-state index in [9.17, 15) is 65.9 Å². The molecular formula is C21H9F17N2O2. The van der Waals surface area contributed by atoms with Crippen molar-refractivity contribution in [2.45, 2.75) is 42.1 Å². The highest BCUT2D eigenvalue weighted by Gasteiger charge is 2.69. The number of halogens is 17. The predicted molar refractivity (Wildman–Crippen MR) is 103 cm³/mol. The summed E-state index contributed by atoms with van der Waals surface area (Å²) in [5.41, 5.74) is -9.86. The van der Waals surface area contributed by atoms with Gasteiger partial charge in [0.2, 0.25) is 5.82 Å². The van der Waals surface area contributed by atoms with Crippen molar-refractivity contribution in [3.63, 3.8) is 0 Å². The summed E-state index contributed by atoms with van der Waals surface area (Å²) < 4.78 is 245. The van der Waals surface area contributed by atoms with E-state index in [1.54, 1.807) is 0 Å². The fourth-order valence-electron chi connectivity index (χ4n) is 3.72. The predicted octanol–water partition coefficient (Wildman–Crippen LogP) is 7.03. The molecule has 2 aliphatic carbocycles. The first-order valence-electron chi connectivity index (χ1n) is 10.3. The monoisotopic (exact) mass is 644 g/mol. The minimum atomic E-state index is -6.54. The maximum atomic E-state index is 15.2. The SMILES string of the molecule is NC1=C(F)C=C(F)C(Oc2cc(F)c(C(F)(F)F)c(OC3C(F)=CC(F)=C(N)C3(F)C(F)(F)F)c2F)C1(F)C(F)(F)F. The molecule has 0 spiro atoms. The lowest BCUT2D eigenvalue weighted by Gasteiger charge is -2.38. The van der Waals surface area contributed by atoms with Crippen molar-refractivity contribution in [3.05, 3.63) is 70.1 Å². The molecule has 0 saturated heterocycles. The van der Waals surface area contributed by atoms with E-state index in [2.05, 4.69) is 15.2 Å². The Kier molecular flexibility index (Phi) is 7.70. The molecule has 21 heteroatoms. The first-order chi connectivity index (χ1) is 18.8. The average Bonchev–Trinajstić information content (AvgIpc) is 2.81. The molecular weight excluding hydrogens is 635 g/mol. The van der Waals surface area contributed by atoms with Crippen LogP contribution in [0.5, 0.6) is 11.5 Å². The number of nitrogens with two attached hydrogens (primary N) is 2. The second kappa shape index (κ2) is 9.89. The third-order valence-electron chi connectivity index (χ3n) is 5.78. The molecule has 0 radical (unpaired) electrons. The van der Waals surface area contributed by atoms with Crippen LogP contribution in [-0.2, 0) is 6.18 Å². The Hall–Kier alpha value is -3.81. The molecule has 4 N–H and O–H groups in total. The molecule has 0 aromatic heterocycles. The summed E-state index contributed by atoms with van der Waals surface area (Å²) in [7, 11) is 0. The molecule has 234 valence electrons. The van der Waals surface area contributed by atoms with Gasteiger partial charge in [0.1, 0.15) is 34.7 Å². The highest BCUT2D eigenvalue weighted by Crippen LogP contribution is 2.52. The zero-order chi connectivity index (χ0) is 32.5. The van der Waals surface area contributed by atoms with Gasteiger partial charge in [0.15, 0.2) is 23.7 Å². The van der Waals surface area contributed by atoms with Gasteiger partial charge in [-0.25, -0.2) is 30.7 Å². The van der Waals surface area contributed by atoms with Crippen molar-refractivity contribution in [2.24, 2.45) is 11.5 Å². The van der Waals surface area contributed by atoms with Gasteiger partial charge >= 0.3 is 18.5 Å². The number of hydrogen-bond acceptors (Lipinski definition) is 4. The summed E-state index contributed by atoms with van der Waals surface area (Å²) in [4.78, 5) is 0. The molecule has 0 fully saturated rings. The van der Waals surface area contributed by atoms with Crippen LogP contribution in [0.25, 0.3) is 0 Å². The third-order valence-corrected chi connectivity index (χ3v) is 5.78. The van der Waals surface area contributed by atoms with E-state index >= 15 is 8.78 Å². The molecule has 42 heavy (non-hydrogen) atoms. The average molecular weight is 644 g/mol. The van der Waals surface area contributed by atoms with Crippen LogP contribution >= 0.6 is 0 Å². The van der Waals surface area contributed by atoms with Crippen LogP contribution in [0, 0.1) is 11.6 Å². The van der Waals surface area contributed by atoms with Crippen LogP contribution in [0.2, 0.25) is 0 Å². The van der Waals surface area contributed by atoms with Crippen molar-refractivity contribution in [2.75, 3.05) is 0 Å². The molecule has 0 amide bonds. The van der Waals surface area contributed by atoms with Gasteiger partial charge < -0.3 is 20.9 Å². The minimum absolute atomic E-state index is 0.550. The summed E-state index contributed by atoms with van der Waals surface area (Å²) in [5.74, 6) is -21.5. The Balaban J connectivity index is 2.28. The second-order valence-corrected chi connectivity index (χ2v) is 8.37. The van der Waals surface area contributed by atoms with Crippen LogP contribution in [0.4, 0.5) is 74.6 Å².